The molecule has 0 saturated heterocycles. The van der Waals surface area contributed by atoms with E-state index in [0.717, 1.165) is 42.8 Å². The highest BCUT2D eigenvalue weighted by Gasteiger charge is 2.31. The fraction of sp³-hybridized carbons (Fsp3) is 0.444. The lowest BCUT2D eigenvalue weighted by atomic mass is 10.0. The third kappa shape index (κ3) is 3.45. The number of carbonyl (C=O) groups is 1. The van der Waals surface area contributed by atoms with Gasteiger partial charge in [-0.3, -0.25) is 4.79 Å². The number of aryl methyl sites for hydroxylation is 2. The zero-order valence-electron chi connectivity index (χ0n) is 13.7. The zero-order valence-corrected chi connectivity index (χ0v) is 13.7. The van der Waals surface area contributed by atoms with Gasteiger partial charge in [-0.25, -0.2) is 4.68 Å². The zero-order chi connectivity index (χ0) is 16.4. The van der Waals surface area contributed by atoms with E-state index < -0.39 is 5.60 Å². The number of rotatable bonds is 4. The molecule has 5 heteroatoms. The largest absolute Gasteiger partial charge is 0.388 e. The van der Waals surface area contributed by atoms with E-state index in [1.807, 2.05) is 36.7 Å². The van der Waals surface area contributed by atoms with Gasteiger partial charge in [-0.05, 0) is 57.0 Å². The van der Waals surface area contributed by atoms with Crippen molar-refractivity contribution in [1.82, 2.24) is 15.1 Å². The summed E-state index contributed by atoms with van der Waals surface area (Å²) >= 11 is 0. The van der Waals surface area contributed by atoms with Gasteiger partial charge in [0.25, 0.3) is 5.91 Å². The summed E-state index contributed by atoms with van der Waals surface area (Å²) in [5.74, 6) is -0.148. The highest BCUT2D eigenvalue weighted by molar-refractivity contribution is 5.94. The number of nitrogens with one attached hydrogen (secondary N) is 1. The monoisotopic (exact) mass is 313 g/mol. The third-order valence-corrected chi connectivity index (χ3v) is 4.50. The summed E-state index contributed by atoms with van der Waals surface area (Å²) in [5, 5.41) is 17.6. The second-order valence-corrected chi connectivity index (χ2v) is 6.50. The van der Waals surface area contributed by atoms with E-state index in [1.165, 1.54) is 0 Å². The van der Waals surface area contributed by atoms with Crippen LogP contribution in [0.15, 0.2) is 30.3 Å². The average molecular weight is 313 g/mol. The fourth-order valence-electron chi connectivity index (χ4n) is 3.20. The molecule has 122 valence electrons. The van der Waals surface area contributed by atoms with Crippen molar-refractivity contribution in [3.63, 3.8) is 0 Å². The minimum absolute atomic E-state index is 0.148. The van der Waals surface area contributed by atoms with E-state index in [-0.39, 0.29) is 5.91 Å². The van der Waals surface area contributed by atoms with Crippen LogP contribution in [0.5, 0.6) is 0 Å². The molecular weight excluding hydrogens is 290 g/mol. The molecule has 1 amide bonds. The topological polar surface area (TPSA) is 67.2 Å². The molecular formula is C18H23N3O2. The summed E-state index contributed by atoms with van der Waals surface area (Å²) < 4.78 is 1.86. The Balaban J connectivity index is 1.67. The van der Waals surface area contributed by atoms with E-state index in [4.69, 9.17) is 0 Å². The first-order valence-corrected chi connectivity index (χ1v) is 8.11. The van der Waals surface area contributed by atoms with Gasteiger partial charge in [-0.1, -0.05) is 12.8 Å². The highest BCUT2D eigenvalue weighted by Crippen LogP contribution is 2.28. The first kappa shape index (κ1) is 15.7. The summed E-state index contributed by atoms with van der Waals surface area (Å²) in [4.78, 5) is 12.2. The van der Waals surface area contributed by atoms with Crippen molar-refractivity contribution in [1.29, 1.82) is 0 Å². The molecule has 1 aromatic heterocycles. The van der Waals surface area contributed by atoms with Crippen LogP contribution in [-0.4, -0.2) is 32.9 Å². The van der Waals surface area contributed by atoms with Crippen LogP contribution < -0.4 is 5.32 Å². The summed E-state index contributed by atoms with van der Waals surface area (Å²) in [6.45, 7) is 4.28. The Kier molecular flexibility index (Phi) is 4.22. The molecule has 0 radical (unpaired) electrons. The maximum absolute atomic E-state index is 12.2. The van der Waals surface area contributed by atoms with Gasteiger partial charge in [0.05, 0.1) is 17.0 Å². The molecule has 0 aliphatic heterocycles. The van der Waals surface area contributed by atoms with Gasteiger partial charge in [0.15, 0.2) is 0 Å². The number of aliphatic hydroxyl groups is 1. The predicted molar refractivity (Wildman–Crippen MR) is 88.8 cm³/mol. The second kappa shape index (κ2) is 6.16. The fourth-order valence-corrected chi connectivity index (χ4v) is 3.20. The van der Waals surface area contributed by atoms with Crippen LogP contribution in [0.3, 0.4) is 0 Å². The Morgan fingerprint density at radius 3 is 2.48 bits per heavy atom. The molecule has 0 bridgehead atoms. The summed E-state index contributed by atoms with van der Waals surface area (Å²) in [5.41, 5.74) is 2.83. The van der Waals surface area contributed by atoms with Crippen molar-refractivity contribution in [2.75, 3.05) is 6.54 Å². The Morgan fingerprint density at radius 1 is 1.26 bits per heavy atom. The molecule has 2 N–H and O–H groups in total. The van der Waals surface area contributed by atoms with Gasteiger partial charge in [-0.15, -0.1) is 0 Å². The van der Waals surface area contributed by atoms with Crippen LogP contribution in [0.25, 0.3) is 5.69 Å². The van der Waals surface area contributed by atoms with Crippen molar-refractivity contribution in [3.8, 4) is 5.69 Å². The predicted octanol–water partition coefficient (Wildman–Crippen LogP) is 2.52. The van der Waals surface area contributed by atoms with Gasteiger partial charge in [0.1, 0.15) is 0 Å². The molecule has 1 aliphatic carbocycles. The number of amides is 1. The van der Waals surface area contributed by atoms with Crippen LogP contribution in [0.4, 0.5) is 0 Å². The molecule has 3 rings (SSSR count). The third-order valence-electron chi connectivity index (χ3n) is 4.50. The molecule has 1 fully saturated rings. The van der Waals surface area contributed by atoms with Crippen molar-refractivity contribution in [2.45, 2.75) is 45.1 Å². The van der Waals surface area contributed by atoms with E-state index in [9.17, 15) is 9.90 Å². The molecule has 1 aliphatic rings. The minimum Gasteiger partial charge on any atom is -0.388 e. The average Bonchev–Trinajstić information content (AvgIpc) is 3.11. The molecule has 0 atom stereocenters. The molecule has 1 aromatic carbocycles. The first-order valence-electron chi connectivity index (χ1n) is 8.11. The maximum Gasteiger partial charge on any atom is 0.251 e. The number of aromatic nitrogens is 2. The van der Waals surface area contributed by atoms with Crippen molar-refractivity contribution >= 4 is 5.91 Å². The standard InChI is InChI=1S/C18H23N3O2/c1-13-11-14(2)21(20-13)16-7-5-15(6-8-16)17(22)19-12-18(23)9-3-4-10-18/h5-8,11,23H,3-4,9-10,12H2,1-2H3,(H,19,22). The van der Waals surface area contributed by atoms with Crippen molar-refractivity contribution < 1.29 is 9.90 Å². The number of carbonyl (C=O) groups excluding carboxylic acids is 1. The van der Waals surface area contributed by atoms with Gasteiger partial charge >= 0.3 is 0 Å². The van der Waals surface area contributed by atoms with E-state index in [2.05, 4.69) is 10.4 Å². The highest BCUT2D eigenvalue weighted by atomic mass is 16.3. The van der Waals surface area contributed by atoms with Crippen LogP contribution in [0.1, 0.15) is 47.4 Å². The maximum atomic E-state index is 12.2. The van der Waals surface area contributed by atoms with E-state index >= 15 is 0 Å². The molecule has 0 spiro atoms. The molecule has 1 saturated carbocycles. The summed E-state index contributed by atoms with van der Waals surface area (Å²) in [7, 11) is 0. The van der Waals surface area contributed by atoms with Gasteiger partial charge in [0, 0.05) is 17.8 Å². The Bertz CT molecular complexity index is 698. The molecule has 5 nitrogen and oxygen atoms in total. The van der Waals surface area contributed by atoms with Crippen LogP contribution in [0.2, 0.25) is 0 Å². The van der Waals surface area contributed by atoms with Gasteiger partial charge in [-0.2, -0.15) is 5.10 Å². The van der Waals surface area contributed by atoms with Gasteiger partial charge in [0.2, 0.25) is 0 Å². The SMILES string of the molecule is Cc1cc(C)n(-c2ccc(C(=O)NCC3(O)CCCC3)cc2)n1. The lowest BCUT2D eigenvalue weighted by Gasteiger charge is -2.22. The minimum atomic E-state index is -0.723. The first-order chi connectivity index (χ1) is 11.0. The molecule has 1 heterocycles. The normalized spacial score (nSPS) is 16.5. The summed E-state index contributed by atoms with van der Waals surface area (Å²) in [6.07, 6.45) is 3.60. The second-order valence-electron chi connectivity index (χ2n) is 6.50. The lowest BCUT2D eigenvalue weighted by Crippen LogP contribution is -2.40. The van der Waals surface area contributed by atoms with Crippen molar-refractivity contribution in [2.24, 2.45) is 0 Å². The van der Waals surface area contributed by atoms with E-state index in [1.54, 1.807) is 12.1 Å². The molecule has 0 unspecified atom stereocenters. The van der Waals surface area contributed by atoms with Crippen LogP contribution in [0, 0.1) is 13.8 Å². The smallest absolute Gasteiger partial charge is 0.251 e. The Hall–Kier alpha value is -2.14. The molecule has 2 aromatic rings. The lowest BCUT2D eigenvalue weighted by molar-refractivity contribution is 0.0449. The van der Waals surface area contributed by atoms with E-state index in [0.29, 0.717) is 12.1 Å². The van der Waals surface area contributed by atoms with Crippen molar-refractivity contribution in [3.05, 3.63) is 47.3 Å². The summed E-state index contributed by atoms with van der Waals surface area (Å²) in [6, 6.07) is 9.37. The number of nitrogens with zero attached hydrogens (tertiary/aromatic N) is 2. The van der Waals surface area contributed by atoms with Crippen LogP contribution >= 0.6 is 0 Å². The van der Waals surface area contributed by atoms with Gasteiger partial charge < -0.3 is 10.4 Å². The molecule has 23 heavy (non-hydrogen) atoms. The quantitative estimate of drug-likeness (QED) is 0.911. The number of benzene rings is 1. The Labute approximate surface area is 136 Å². The van der Waals surface area contributed by atoms with Crippen LogP contribution in [-0.2, 0) is 0 Å². The number of hydrogen-bond donors (Lipinski definition) is 2. The Morgan fingerprint density at radius 2 is 1.91 bits per heavy atom. The number of hydrogen-bond acceptors (Lipinski definition) is 3.